The zero-order valence-corrected chi connectivity index (χ0v) is 14.9. The van der Waals surface area contributed by atoms with Crippen LogP contribution in [0.25, 0.3) is 0 Å². The van der Waals surface area contributed by atoms with Crippen LogP contribution in [0.4, 0.5) is 0 Å². The summed E-state index contributed by atoms with van der Waals surface area (Å²) in [6, 6.07) is 0. The number of hydrogen-bond acceptors (Lipinski definition) is 0. The molecule has 0 aromatic rings. The SMILES string of the molecule is CC.CCC.CCC1CCCC1.CCC1CCCC1. The smallest absolute Gasteiger partial charge is 0.0417 e. The van der Waals surface area contributed by atoms with E-state index in [1.54, 1.807) is 0 Å². The molecule has 0 aromatic carbocycles. The average Bonchev–Trinajstić information content (AvgIpc) is 3.15. The van der Waals surface area contributed by atoms with E-state index in [-0.39, 0.29) is 0 Å². The van der Waals surface area contributed by atoms with Gasteiger partial charge in [-0.1, -0.05) is 112 Å². The molecule has 0 atom stereocenters. The van der Waals surface area contributed by atoms with Crippen LogP contribution in [0.15, 0.2) is 0 Å². The molecule has 2 fully saturated rings. The van der Waals surface area contributed by atoms with Crippen LogP contribution < -0.4 is 0 Å². The summed E-state index contributed by atoms with van der Waals surface area (Å²) in [6.07, 6.45) is 16.1. The molecule has 0 spiro atoms. The van der Waals surface area contributed by atoms with Crippen molar-refractivity contribution in [3.63, 3.8) is 0 Å². The molecule has 0 heteroatoms. The molecule has 0 aliphatic heterocycles. The van der Waals surface area contributed by atoms with Crippen molar-refractivity contribution >= 4 is 0 Å². The molecular weight excluding hydrogens is 228 g/mol. The first-order valence-corrected chi connectivity index (χ1v) is 9.28. The molecule has 0 N–H and O–H groups in total. The molecular formula is C19H42. The van der Waals surface area contributed by atoms with Gasteiger partial charge in [-0.25, -0.2) is 0 Å². The van der Waals surface area contributed by atoms with Crippen molar-refractivity contribution in [2.45, 2.75) is 112 Å². The highest BCUT2D eigenvalue weighted by atomic mass is 14.2. The van der Waals surface area contributed by atoms with Gasteiger partial charge in [-0.15, -0.1) is 0 Å². The molecule has 0 bridgehead atoms. The van der Waals surface area contributed by atoms with E-state index in [2.05, 4.69) is 27.7 Å². The van der Waals surface area contributed by atoms with Crippen LogP contribution in [0.5, 0.6) is 0 Å². The summed E-state index contributed by atoms with van der Waals surface area (Å²) in [7, 11) is 0. The van der Waals surface area contributed by atoms with Crippen molar-refractivity contribution in [2.24, 2.45) is 11.8 Å². The summed E-state index contributed by atoms with van der Waals surface area (Å²) in [5.74, 6) is 2.19. The Morgan fingerprint density at radius 3 is 0.895 bits per heavy atom. The Labute approximate surface area is 124 Å². The van der Waals surface area contributed by atoms with Gasteiger partial charge in [-0.05, 0) is 11.8 Å². The predicted molar refractivity (Wildman–Crippen MR) is 91.8 cm³/mol. The van der Waals surface area contributed by atoms with Crippen LogP contribution in [0.1, 0.15) is 112 Å². The van der Waals surface area contributed by atoms with Gasteiger partial charge in [0.2, 0.25) is 0 Å². The van der Waals surface area contributed by atoms with E-state index in [4.69, 9.17) is 0 Å². The van der Waals surface area contributed by atoms with Gasteiger partial charge >= 0.3 is 0 Å². The molecule has 0 radical (unpaired) electrons. The number of hydrogen-bond donors (Lipinski definition) is 0. The van der Waals surface area contributed by atoms with E-state index < -0.39 is 0 Å². The van der Waals surface area contributed by atoms with Crippen LogP contribution >= 0.6 is 0 Å². The second-order valence-corrected chi connectivity index (χ2v) is 5.82. The van der Waals surface area contributed by atoms with Crippen LogP contribution in [-0.4, -0.2) is 0 Å². The first kappa shape index (κ1) is 21.3. The third kappa shape index (κ3) is 14.2. The monoisotopic (exact) mass is 270 g/mol. The van der Waals surface area contributed by atoms with Gasteiger partial charge in [-0.2, -0.15) is 0 Å². The van der Waals surface area contributed by atoms with Gasteiger partial charge in [0.1, 0.15) is 0 Å². The lowest BCUT2D eigenvalue weighted by molar-refractivity contribution is 0.531. The molecule has 19 heavy (non-hydrogen) atoms. The maximum absolute atomic E-state index is 2.30. The number of rotatable bonds is 2. The molecule has 0 nitrogen and oxygen atoms in total. The molecule has 0 amide bonds. The lowest BCUT2D eigenvalue weighted by Crippen LogP contribution is -1.86. The van der Waals surface area contributed by atoms with Crippen molar-refractivity contribution in [2.75, 3.05) is 0 Å². The van der Waals surface area contributed by atoms with E-state index in [1.807, 2.05) is 13.8 Å². The van der Waals surface area contributed by atoms with Crippen LogP contribution in [-0.2, 0) is 0 Å². The maximum Gasteiger partial charge on any atom is -0.0417 e. The minimum Gasteiger partial charge on any atom is -0.0683 e. The standard InChI is InChI=1S/2C7H14.C3H8.C2H6/c2*1-2-7-5-3-4-6-7;1-3-2;1-2/h2*7H,2-6H2,1H3;3H2,1-2H3;1-2H3. The van der Waals surface area contributed by atoms with Crippen LogP contribution in [0, 0.1) is 11.8 Å². The fourth-order valence-corrected chi connectivity index (χ4v) is 2.84. The molecule has 0 heterocycles. The molecule has 0 unspecified atom stereocenters. The van der Waals surface area contributed by atoms with Crippen molar-refractivity contribution in [3.8, 4) is 0 Å². The van der Waals surface area contributed by atoms with Crippen molar-refractivity contribution in [3.05, 3.63) is 0 Å². The highest BCUT2D eigenvalue weighted by Crippen LogP contribution is 2.27. The van der Waals surface area contributed by atoms with E-state index in [1.165, 1.54) is 70.6 Å². The van der Waals surface area contributed by atoms with E-state index in [9.17, 15) is 0 Å². The van der Waals surface area contributed by atoms with Gasteiger partial charge in [0.15, 0.2) is 0 Å². The molecule has 2 aliphatic rings. The molecule has 2 rings (SSSR count). The summed E-state index contributed by atoms with van der Waals surface area (Å²) < 4.78 is 0. The summed E-state index contributed by atoms with van der Waals surface area (Å²) in [6.45, 7) is 12.9. The van der Waals surface area contributed by atoms with Crippen molar-refractivity contribution in [1.82, 2.24) is 0 Å². The first-order valence-electron chi connectivity index (χ1n) is 9.28. The Morgan fingerprint density at radius 1 is 0.579 bits per heavy atom. The van der Waals surface area contributed by atoms with Gasteiger partial charge in [-0.3, -0.25) is 0 Å². The minimum absolute atomic E-state index is 1.10. The predicted octanol–water partition coefficient (Wildman–Crippen LogP) is 7.62. The van der Waals surface area contributed by atoms with Crippen molar-refractivity contribution < 1.29 is 0 Å². The summed E-state index contributed by atoms with van der Waals surface area (Å²) >= 11 is 0. The molecule has 2 aliphatic carbocycles. The third-order valence-electron chi connectivity index (χ3n) is 4.10. The van der Waals surface area contributed by atoms with Crippen LogP contribution in [0.2, 0.25) is 0 Å². The highest BCUT2D eigenvalue weighted by Gasteiger charge is 2.11. The Hall–Kier alpha value is 0. The van der Waals surface area contributed by atoms with Gasteiger partial charge in [0, 0.05) is 0 Å². The molecule has 0 aromatic heterocycles. The Bertz CT molecular complexity index is 111. The topological polar surface area (TPSA) is 0 Å². The van der Waals surface area contributed by atoms with Gasteiger partial charge < -0.3 is 0 Å². The van der Waals surface area contributed by atoms with Gasteiger partial charge in [0.05, 0.1) is 0 Å². The second-order valence-electron chi connectivity index (χ2n) is 5.82. The molecule has 2 saturated carbocycles. The fraction of sp³-hybridized carbons (Fsp3) is 1.00. The Balaban J connectivity index is 0. The highest BCUT2D eigenvalue weighted by molar-refractivity contribution is 4.65. The quantitative estimate of drug-likeness (QED) is 0.484. The molecule has 118 valence electrons. The largest absolute Gasteiger partial charge is 0.0683 e. The lowest BCUT2D eigenvalue weighted by Gasteiger charge is -1.99. The Morgan fingerprint density at radius 2 is 0.789 bits per heavy atom. The zero-order chi connectivity index (χ0) is 14.9. The van der Waals surface area contributed by atoms with E-state index in [0.29, 0.717) is 0 Å². The first-order chi connectivity index (χ1) is 9.28. The second kappa shape index (κ2) is 18.0. The normalized spacial score (nSPS) is 18.6. The van der Waals surface area contributed by atoms with E-state index in [0.717, 1.165) is 11.8 Å². The summed E-state index contributed by atoms with van der Waals surface area (Å²) in [4.78, 5) is 0. The minimum atomic E-state index is 1.10. The average molecular weight is 271 g/mol. The van der Waals surface area contributed by atoms with E-state index >= 15 is 0 Å². The fourth-order valence-electron chi connectivity index (χ4n) is 2.84. The summed E-state index contributed by atoms with van der Waals surface area (Å²) in [5.41, 5.74) is 0. The summed E-state index contributed by atoms with van der Waals surface area (Å²) in [5, 5.41) is 0. The lowest BCUT2D eigenvalue weighted by atomic mass is 10.1. The maximum atomic E-state index is 2.30. The third-order valence-corrected chi connectivity index (χ3v) is 4.10. The van der Waals surface area contributed by atoms with Gasteiger partial charge in [0.25, 0.3) is 0 Å². The zero-order valence-electron chi connectivity index (χ0n) is 14.9. The molecule has 0 saturated heterocycles. The van der Waals surface area contributed by atoms with Crippen LogP contribution in [0.3, 0.4) is 0 Å². The Kier molecular flexibility index (Phi) is 20.2. The van der Waals surface area contributed by atoms with Crippen molar-refractivity contribution in [1.29, 1.82) is 0 Å².